The lowest BCUT2D eigenvalue weighted by Gasteiger charge is -2.14. The number of nitrogens with two attached hydrogens (primary N) is 1. The van der Waals surface area contributed by atoms with Gasteiger partial charge in [0.05, 0.1) is 6.04 Å². The van der Waals surface area contributed by atoms with E-state index in [1.807, 2.05) is 24.3 Å². The van der Waals surface area contributed by atoms with Crippen LogP contribution in [0.2, 0.25) is 5.02 Å². The first-order chi connectivity index (χ1) is 8.99. The van der Waals surface area contributed by atoms with Gasteiger partial charge in [-0.15, -0.1) is 0 Å². The topological polar surface area (TPSA) is 55.1 Å². The van der Waals surface area contributed by atoms with Crippen LogP contribution in [0.1, 0.15) is 32.3 Å². The number of carbonyl (C=O) groups is 1. The summed E-state index contributed by atoms with van der Waals surface area (Å²) in [5, 5.41) is 3.63. The second-order valence-electron chi connectivity index (χ2n) is 5.26. The first kappa shape index (κ1) is 16.0. The molecule has 3 nitrogen and oxygen atoms in total. The molecule has 0 bridgehead atoms. The Morgan fingerprint density at radius 1 is 1.32 bits per heavy atom. The van der Waals surface area contributed by atoms with Gasteiger partial charge in [-0.1, -0.05) is 37.6 Å². The molecule has 1 atom stereocenters. The molecule has 0 unspecified atom stereocenters. The van der Waals surface area contributed by atoms with Crippen molar-refractivity contribution >= 4 is 17.5 Å². The standard InChI is InChI=1S/C15H23ClN2O/c1-11(2)10-14(17)15(19)18-9-3-4-12-5-7-13(16)8-6-12/h5-8,11,14H,3-4,9-10,17H2,1-2H3,(H,18,19)/t14-/m0/s1. The molecule has 0 aliphatic carbocycles. The van der Waals surface area contributed by atoms with Gasteiger partial charge in [-0.3, -0.25) is 4.79 Å². The van der Waals surface area contributed by atoms with Crippen LogP contribution in [0.4, 0.5) is 0 Å². The predicted octanol–water partition coefficient (Wildman–Crippen LogP) is 2.76. The lowest BCUT2D eigenvalue weighted by atomic mass is 10.0. The molecule has 1 rings (SSSR count). The van der Waals surface area contributed by atoms with Gasteiger partial charge in [0.15, 0.2) is 0 Å². The zero-order chi connectivity index (χ0) is 14.3. The number of hydrogen-bond donors (Lipinski definition) is 2. The molecular formula is C15H23ClN2O. The van der Waals surface area contributed by atoms with Gasteiger partial charge in [-0.25, -0.2) is 0 Å². The summed E-state index contributed by atoms with van der Waals surface area (Å²) in [5.41, 5.74) is 7.03. The smallest absolute Gasteiger partial charge is 0.236 e. The summed E-state index contributed by atoms with van der Waals surface area (Å²) in [5.74, 6) is 0.389. The molecule has 0 heterocycles. The molecule has 0 saturated carbocycles. The maximum Gasteiger partial charge on any atom is 0.236 e. The van der Waals surface area contributed by atoms with Crippen LogP contribution < -0.4 is 11.1 Å². The van der Waals surface area contributed by atoms with E-state index in [9.17, 15) is 4.79 Å². The van der Waals surface area contributed by atoms with E-state index in [-0.39, 0.29) is 5.91 Å². The number of aryl methyl sites for hydroxylation is 1. The van der Waals surface area contributed by atoms with Crippen molar-refractivity contribution in [1.29, 1.82) is 0 Å². The minimum atomic E-state index is -0.393. The van der Waals surface area contributed by atoms with Gasteiger partial charge in [0.2, 0.25) is 5.91 Å². The van der Waals surface area contributed by atoms with Crippen molar-refractivity contribution in [2.24, 2.45) is 11.7 Å². The Morgan fingerprint density at radius 2 is 1.95 bits per heavy atom. The third kappa shape index (κ3) is 6.60. The van der Waals surface area contributed by atoms with Crippen molar-refractivity contribution in [2.45, 2.75) is 39.2 Å². The SMILES string of the molecule is CC(C)C[C@H](N)C(=O)NCCCc1ccc(Cl)cc1. The van der Waals surface area contributed by atoms with E-state index in [0.717, 1.165) is 24.3 Å². The largest absolute Gasteiger partial charge is 0.355 e. The summed E-state index contributed by atoms with van der Waals surface area (Å²) in [6, 6.07) is 7.39. The third-order valence-electron chi connectivity index (χ3n) is 2.92. The molecule has 0 aliphatic rings. The second-order valence-corrected chi connectivity index (χ2v) is 5.69. The van der Waals surface area contributed by atoms with Gasteiger partial charge >= 0.3 is 0 Å². The van der Waals surface area contributed by atoms with E-state index in [4.69, 9.17) is 17.3 Å². The monoisotopic (exact) mass is 282 g/mol. The van der Waals surface area contributed by atoms with Crippen molar-refractivity contribution in [3.63, 3.8) is 0 Å². The second kappa shape index (κ2) is 8.18. The number of carbonyl (C=O) groups excluding carboxylic acids is 1. The molecule has 1 amide bonds. The van der Waals surface area contributed by atoms with Crippen LogP contribution in [-0.4, -0.2) is 18.5 Å². The van der Waals surface area contributed by atoms with Gasteiger partial charge in [-0.2, -0.15) is 0 Å². The molecule has 0 fully saturated rings. The lowest BCUT2D eigenvalue weighted by molar-refractivity contribution is -0.122. The summed E-state index contributed by atoms with van der Waals surface area (Å²) in [4.78, 5) is 11.7. The van der Waals surface area contributed by atoms with Crippen molar-refractivity contribution in [2.75, 3.05) is 6.54 Å². The van der Waals surface area contributed by atoms with Crippen LogP contribution in [0.25, 0.3) is 0 Å². The Kier molecular flexibility index (Phi) is 6.89. The van der Waals surface area contributed by atoms with Crippen LogP contribution in [0.15, 0.2) is 24.3 Å². The van der Waals surface area contributed by atoms with Crippen LogP contribution in [0.5, 0.6) is 0 Å². The summed E-state index contributed by atoms with van der Waals surface area (Å²) in [6.45, 7) is 4.79. The molecule has 0 aromatic heterocycles. The van der Waals surface area contributed by atoms with Crippen LogP contribution in [0.3, 0.4) is 0 Å². The Hall–Kier alpha value is -1.06. The summed E-state index contributed by atoms with van der Waals surface area (Å²) in [6.07, 6.45) is 2.56. The van der Waals surface area contributed by atoms with Gasteiger partial charge in [-0.05, 0) is 42.9 Å². The highest BCUT2D eigenvalue weighted by atomic mass is 35.5. The molecule has 4 heteroatoms. The highest BCUT2D eigenvalue weighted by Crippen LogP contribution is 2.10. The third-order valence-corrected chi connectivity index (χ3v) is 3.17. The fourth-order valence-corrected chi connectivity index (χ4v) is 2.03. The van der Waals surface area contributed by atoms with E-state index in [0.29, 0.717) is 12.5 Å². The van der Waals surface area contributed by atoms with Crippen molar-refractivity contribution in [3.8, 4) is 0 Å². The summed E-state index contributed by atoms with van der Waals surface area (Å²) < 4.78 is 0. The number of halogens is 1. The highest BCUT2D eigenvalue weighted by Gasteiger charge is 2.13. The summed E-state index contributed by atoms with van der Waals surface area (Å²) >= 11 is 5.82. The van der Waals surface area contributed by atoms with Crippen molar-refractivity contribution < 1.29 is 4.79 Å². The molecule has 106 valence electrons. The average Bonchev–Trinajstić information content (AvgIpc) is 2.35. The molecule has 1 aromatic rings. The Bertz CT molecular complexity index is 390. The molecule has 0 saturated heterocycles. The number of amides is 1. The minimum absolute atomic E-state index is 0.0511. The Morgan fingerprint density at radius 3 is 2.53 bits per heavy atom. The number of benzene rings is 1. The Labute approximate surface area is 120 Å². The van der Waals surface area contributed by atoms with Gasteiger partial charge < -0.3 is 11.1 Å². The number of hydrogen-bond acceptors (Lipinski definition) is 2. The van der Waals surface area contributed by atoms with Gasteiger partial charge in [0.1, 0.15) is 0 Å². The van der Waals surface area contributed by atoms with Crippen molar-refractivity contribution in [1.82, 2.24) is 5.32 Å². The lowest BCUT2D eigenvalue weighted by Crippen LogP contribution is -2.41. The van der Waals surface area contributed by atoms with E-state index in [1.54, 1.807) is 0 Å². The number of nitrogens with one attached hydrogen (secondary N) is 1. The van der Waals surface area contributed by atoms with Crippen LogP contribution in [-0.2, 0) is 11.2 Å². The zero-order valence-electron chi connectivity index (χ0n) is 11.7. The van der Waals surface area contributed by atoms with Crippen LogP contribution in [0, 0.1) is 5.92 Å². The summed E-state index contributed by atoms with van der Waals surface area (Å²) in [7, 11) is 0. The molecule has 0 aliphatic heterocycles. The van der Waals surface area contributed by atoms with E-state index in [2.05, 4.69) is 19.2 Å². The maximum absolute atomic E-state index is 11.7. The minimum Gasteiger partial charge on any atom is -0.355 e. The number of rotatable bonds is 7. The maximum atomic E-state index is 11.7. The quantitative estimate of drug-likeness (QED) is 0.756. The van der Waals surface area contributed by atoms with Crippen molar-refractivity contribution in [3.05, 3.63) is 34.9 Å². The van der Waals surface area contributed by atoms with E-state index >= 15 is 0 Å². The first-order valence-corrected chi connectivity index (χ1v) is 7.14. The van der Waals surface area contributed by atoms with E-state index in [1.165, 1.54) is 5.56 Å². The van der Waals surface area contributed by atoms with Crippen LogP contribution >= 0.6 is 11.6 Å². The first-order valence-electron chi connectivity index (χ1n) is 6.76. The molecule has 0 spiro atoms. The van der Waals surface area contributed by atoms with E-state index < -0.39 is 6.04 Å². The van der Waals surface area contributed by atoms with Gasteiger partial charge in [0.25, 0.3) is 0 Å². The fraction of sp³-hybridized carbons (Fsp3) is 0.533. The zero-order valence-corrected chi connectivity index (χ0v) is 12.4. The highest BCUT2D eigenvalue weighted by molar-refractivity contribution is 6.30. The molecule has 19 heavy (non-hydrogen) atoms. The molecule has 0 radical (unpaired) electrons. The fourth-order valence-electron chi connectivity index (χ4n) is 1.90. The molecular weight excluding hydrogens is 260 g/mol. The molecule has 3 N–H and O–H groups in total. The van der Waals surface area contributed by atoms with Gasteiger partial charge in [0, 0.05) is 11.6 Å². The Balaban J connectivity index is 2.20. The molecule has 1 aromatic carbocycles. The predicted molar refractivity (Wildman–Crippen MR) is 80.2 cm³/mol. The normalized spacial score (nSPS) is 12.5. The average molecular weight is 283 g/mol.